The first kappa shape index (κ1) is 25.3. The summed E-state index contributed by atoms with van der Waals surface area (Å²) in [6, 6.07) is 0. The standard InChI is InChI=1S/C30H46O6/c1-25(2)11-17-16-7-8-20-26(3)12-18(32)23(34)27(4,15-31)19(26)9-10-28(20,5)29(16,6)13-21(33)30(17)14-22(25)36-24(30)35/h7,17-23,31-34H,8-15H2,1-6H3/t17-,18+,19-,20-,21+,22+,23+,26+,27+,28-,29-,30-/m1/s1. The van der Waals surface area contributed by atoms with Gasteiger partial charge in [-0.3, -0.25) is 4.79 Å². The van der Waals surface area contributed by atoms with Gasteiger partial charge in [0.2, 0.25) is 0 Å². The van der Waals surface area contributed by atoms with E-state index < -0.39 is 29.1 Å². The normalized spacial score (nSPS) is 59.1. The van der Waals surface area contributed by atoms with Crippen molar-refractivity contribution >= 4 is 5.97 Å². The monoisotopic (exact) mass is 502 g/mol. The van der Waals surface area contributed by atoms with Crippen molar-refractivity contribution in [2.45, 2.75) is 111 Å². The number of esters is 1. The first-order chi connectivity index (χ1) is 16.6. The predicted molar refractivity (Wildman–Crippen MR) is 135 cm³/mol. The number of carbonyl (C=O) groups is 1. The minimum absolute atomic E-state index is 0.0164. The molecule has 12 atom stereocenters. The third-order valence-electron chi connectivity index (χ3n) is 13.6. The van der Waals surface area contributed by atoms with E-state index in [1.54, 1.807) is 0 Å². The third-order valence-corrected chi connectivity index (χ3v) is 13.6. The summed E-state index contributed by atoms with van der Waals surface area (Å²) in [5.74, 6) is 0.123. The summed E-state index contributed by atoms with van der Waals surface area (Å²) in [7, 11) is 0. The molecule has 4 N–H and O–H groups in total. The van der Waals surface area contributed by atoms with Gasteiger partial charge in [-0.15, -0.1) is 0 Å². The first-order valence-corrected chi connectivity index (χ1v) is 14.2. The average molecular weight is 503 g/mol. The third kappa shape index (κ3) is 2.61. The maximum atomic E-state index is 13.4. The molecule has 1 heterocycles. The highest BCUT2D eigenvalue weighted by molar-refractivity contribution is 5.82. The van der Waals surface area contributed by atoms with Gasteiger partial charge in [0, 0.05) is 17.3 Å². The fourth-order valence-electron chi connectivity index (χ4n) is 11.3. The van der Waals surface area contributed by atoms with Crippen molar-refractivity contribution in [3.05, 3.63) is 11.6 Å². The van der Waals surface area contributed by atoms with Crippen LogP contribution in [0.3, 0.4) is 0 Å². The Bertz CT molecular complexity index is 1020. The van der Waals surface area contributed by atoms with Crippen molar-refractivity contribution in [3.8, 4) is 0 Å². The SMILES string of the molecule is CC1(C)C[C@@H]2C3=CC[C@@H]4[C@@]5(C)C[C@H](O)[C@H](O)[C@@](C)(CO)[C@@H]5CC[C@@]4(C)[C@]3(C)C[C@H](O)[C@@]23C[C@@H]1OC3=O. The molecule has 1 saturated heterocycles. The van der Waals surface area contributed by atoms with Gasteiger partial charge < -0.3 is 25.2 Å². The summed E-state index contributed by atoms with van der Waals surface area (Å²) in [6.07, 6.45) is 4.92. The van der Waals surface area contributed by atoms with E-state index >= 15 is 0 Å². The van der Waals surface area contributed by atoms with Crippen LogP contribution in [-0.2, 0) is 9.53 Å². The molecule has 6 nitrogen and oxygen atoms in total. The van der Waals surface area contributed by atoms with E-state index in [1.165, 1.54) is 5.57 Å². The highest BCUT2D eigenvalue weighted by atomic mass is 16.6. The number of fused-ring (bicyclic) bond motifs is 7. The molecule has 0 unspecified atom stereocenters. The number of rotatable bonds is 1. The van der Waals surface area contributed by atoms with Crippen LogP contribution in [0.4, 0.5) is 0 Å². The topological polar surface area (TPSA) is 107 Å². The Morgan fingerprint density at radius 2 is 1.67 bits per heavy atom. The van der Waals surface area contributed by atoms with Gasteiger partial charge in [0.1, 0.15) is 11.5 Å². The summed E-state index contributed by atoms with van der Waals surface area (Å²) < 4.78 is 5.92. The van der Waals surface area contributed by atoms with Crippen LogP contribution in [-0.4, -0.2) is 57.4 Å². The molecule has 202 valence electrons. The number of hydrogen-bond donors (Lipinski definition) is 4. The lowest BCUT2D eigenvalue weighted by Crippen LogP contribution is -2.69. The van der Waals surface area contributed by atoms with Gasteiger partial charge in [0.15, 0.2) is 0 Å². The molecular formula is C30H46O6. The second kappa shape index (κ2) is 7.16. The van der Waals surface area contributed by atoms with Crippen LogP contribution in [0.5, 0.6) is 0 Å². The van der Waals surface area contributed by atoms with E-state index in [2.05, 4.69) is 40.7 Å². The van der Waals surface area contributed by atoms with Crippen molar-refractivity contribution in [3.63, 3.8) is 0 Å². The van der Waals surface area contributed by atoms with E-state index in [0.717, 1.165) is 25.7 Å². The zero-order chi connectivity index (χ0) is 26.3. The van der Waals surface area contributed by atoms with Crippen LogP contribution in [0.25, 0.3) is 0 Å². The minimum atomic E-state index is -0.933. The van der Waals surface area contributed by atoms with E-state index in [-0.39, 0.29) is 58.1 Å². The van der Waals surface area contributed by atoms with Crippen molar-refractivity contribution < 1.29 is 30.0 Å². The number of aliphatic hydroxyl groups is 4. The zero-order valence-corrected chi connectivity index (χ0v) is 22.9. The molecule has 0 aromatic rings. The lowest BCUT2D eigenvalue weighted by atomic mass is 9.33. The molecule has 6 heteroatoms. The average Bonchev–Trinajstić information content (AvgIpc) is 3.11. The molecule has 0 radical (unpaired) electrons. The molecular weight excluding hydrogens is 456 g/mol. The molecule has 4 saturated carbocycles. The highest BCUT2D eigenvalue weighted by Gasteiger charge is 2.74. The van der Waals surface area contributed by atoms with Crippen LogP contribution in [0.2, 0.25) is 0 Å². The Kier molecular flexibility index (Phi) is 5.04. The minimum Gasteiger partial charge on any atom is -0.461 e. The molecule has 5 fully saturated rings. The lowest BCUT2D eigenvalue weighted by molar-refractivity contribution is -0.247. The Balaban J connectivity index is 1.47. The smallest absolute Gasteiger partial charge is 0.315 e. The first-order valence-electron chi connectivity index (χ1n) is 14.2. The van der Waals surface area contributed by atoms with Gasteiger partial charge in [0.05, 0.1) is 24.9 Å². The van der Waals surface area contributed by atoms with Crippen LogP contribution in [0.15, 0.2) is 11.6 Å². The second-order valence-electron chi connectivity index (χ2n) is 15.3. The summed E-state index contributed by atoms with van der Waals surface area (Å²) in [5, 5.41) is 44.2. The molecule has 36 heavy (non-hydrogen) atoms. The molecule has 0 amide bonds. The van der Waals surface area contributed by atoms with Gasteiger partial charge in [-0.05, 0) is 72.5 Å². The largest absolute Gasteiger partial charge is 0.461 e. The fraction of sp³-hybridized carbons (Fsp3) is 0.900. The second-order valence-corrected chi connectivity index (χ2v) is 15.3. The summed E-state index contributed by atoms with van der Waals surface area (Å²) in [5.41, 5.74) is -1.01. The quantitative estimate of drug-likeness (QED) is 0.322. The van der Waals surface area contributed by atoms with Crippen LogP contribution < -0.4 is 0 Å². The molecule has 0 aromatic heterocycles. The number of ether oxygens (including phenoxy) is 1. The van der Waals surface area contributed by atoms with E-state index in [1.807, 2.05) is 6.92 Å². The van der Waals surface area contributed by atoms with Gasteiger partial charge in [-0.2, -0.15) is 0 Å². The fourth-order valence-corrected chi connectivity index (χ4v) is 11.3. The Morgan fingerprint density at radius 1 is 0.972 bits per heavy atom. The predicted octanol–water partition coefficient (Wildman–Crippen LogP) is 3.60. The maximum Gasteiger partial charge on any atom is 0.315 e. The molecule has 0 aromatic carbocycles. The van der Waals surface area contributed by atoms with E-state index in [4.69, 9.17) is 4.74 Å². The van der Waals surface area contributed by atoms with E-state index in [0.29, 0.717) is 19.3 Å². The zero-order valence-electron chi connectivity index (χ0n) is 22.9. The van der Waals surface area contributed by atoms with Crippen molar-refractivity contribution in [1.29, 1.82) is 0 Å². The van der Waals surface area contributed by atoms with Crippen molar-refractivity contribution in [1.82, 2.24) is 0 Å². The number of allylic oxidation sites excluding steroid dienone is 2. The van der Waals surface area contributed by atoms with Gasteiger partial charge in [0.25, 0.3) is 0 Å². The summed E-state index contributed by atoms with van der Waals surface area (Å²) in [6.45, 7) is 13.2. The molecule has 6 rings (SSSR count). The maximum absolute atomic E-state index is 13.4. The summed E-state index contributed by atoms with van der Waals surface area (Å²) >= 11 is 0. The number of aliphatic hydroxyl groups excluding tert-OH is 4. The van der Waals surface area contributed by atoms with Gasteiger partial charge >= 0.3 is 5.97 Å². The van der Waals surface area contributed by atoms with Crippen LogP contribution >= 0.6 is 0 Å². The summed E-state index contributed by atoms with van der Waals surface area (Å²) in [4.78, 5) is 13.4. The number of hydrogen-bond acceptors (Lipinski definition) is 6. The van der Waals surface area contributed by atoms with Gasteiger partial charge in [-0.1, -0.05) is 53.2 Å². The molecule has 1 aliphatic heterocycles. The molecule has 1 spiro atoms. The Morgan fingerprint density at radius 3 is 2.33 bits per heavy atom. The number of carbonyl (C=O) groups excluding carboxylic acids is 1. The highest BCUT2D eigenvalue weighted by Crippen LogP contribution is 2.76. The van der Waals surface area contributed by atoms with Crippen LogP contribution in [0, 0.1) is 50.2 Å². The lowest BCUT2D eigenvalue weighted by Gasteiger charge is -2.71. The van der Waals surface area contributed by atoms with Crippen molar-refractivity contribution in [2.24, 2.45) is 50.2 Å². The molecule has 2 bridgehead atoms. The molecule has 6 aliphatic rings. The van der Waals surface area contributed by atoms with E-state index in [9.17, 15) is 25.2 Å². The molecule has 5 aliphatic carbocycles. The van der Waals surface area contributed by atoms with Crippen LogP contribution in [0.1, 0.15) is 86.5 Å². The van der Waals surface area contributed by atoms with Crippen molar-refractivity contribution in [2.75, 3.05) is 6.61 Å². The van der Waals surface area contributed by atoms with Gasteiger partial charge in [-0.25, -0.2) is 0 Å². The Hall–Kier alpha value is -0.950. The Labute approximate surface area is 215 Å².